The highest BCUT2D eigenvalue weighted by molar-refractivity contribution is 8.13. The maximum Gasteiger partial charge on any atom is 0.232 e. The SMILES string of the molecule is Cc1ccc(F)c(OCC(C)CS(=O)(=O)Cl)c1. The number of rotatable bonds is 5. The molecule has 0 aliphatic heterocycles. The molecular weight excluding hydrogens is 267 g/mol. The standard InChI is InChI=1S/C11H14ClFO3S/c1-8-3-4-10(13)11(5-8)16-6-9(2)7-17(12,14)15/h3-5,9H,6-7H2,1-2H3. The van der Waals surface area contributed by atoms with Crippen molar-refractivity contribution in [3.05, 3.63) is 29.6 Å². The molecule has 0 aliphatic carbocycles. The van der Waals surface area contributed by atoms with Crippen LogP contribution in [-0.4, -0.2) is 20.8 Å². The van der Waals surface area contributed by atoms with Gasteiger partial charge in [0.25, 0.3) is 0 Å². The fourth-order valence-electron chi connectivity index (χ4n) is 1.34. The van der Waals surface area contributed by atoms with Crippen molar-refractivity contribution in [2.75, 3.05) is 12.4 Å². The summed E-state index contributed by atoms with van der Waals surface area (Å²) in [5, 5.41) is 0. The maximum atomic E-state index is 13.3. The molecule has 1 unspecified atom stereocenters. The highest BCUT2D eigenvalue weighted by Gasteiger charge is 2.14. The topological polar surface area (TPSA) is 43.4 Å². The molecule has 0 bridgehead atoms. The summed E-state index contributed by atoms with van der Waals surface area (Å²) >= 11 is 0. The molecule has 0 spiro atoms. The molecule has 6 heteroatoms. The van der Waals surface area contributed by atoms with E-state index in [0.29, 0.717) is 0 Å². The van der Waals surface area contributed by atoms with Crippen LogP contribution in [0.25, 0.3) is 0 Å². The van der Waals surface area contributed by atoms with Crippen LogP contribution >= 0.6 is 10.7 Å². The number of halogens is 2. The van der Waals surface area contributed by atoms with Gasteiger partial charge in [0.2, 0.25) is 9.05 Å². The Morgan fingerprint density at radius 3 is 2.71 bits per heavy atom. The summed E-state index contributed by atoms with van der Waals surface area (Å²) in [5.74, 6) is -0.820. The number of benzene rings is 1. The lowest BCUT2D eigenvalue weighted by Crippen LogP contribution is -2.16. The van der Waals surface area contributed by atoms with Gasteiger partial charge in [-0.25, -0.2) is 12.8 Å². The van der Waals surface area contributed by atoms with Gasteiger partial charge in [-0.1, -0.05) is 13.0 Å². The molecule has 0 saturated carbocycles. The van der Waals surface area contributed by atoms with E-state index in [4.69, 9.17) is 15.4 Å². The Labute approximate surface area is 105 Å². The normalized spacial score (nSPS) is 13.4. The molecule has 1 rings (SSSR count). The first-order chi connectivity index (χ1) is 7.78. The van der Waals surface area contributed by atoms with Crippen LogP contribution in [0.1, 0.15) is 12.5 Å². The van der Waals surface area contributed by atoms with E-state index in [1.807, 2.05) is 6.92 Å². The van der Waals surface area contributed by atoms with Gasteiger partial charge in [-0.2, -0.15) is 0 Å². The molecule has 0 N–H and O–H groups in total. The molecule has 0 aromatic heterocycles. The minimum absolute atomic E-state index is 0.103. The van der Waals surface area contributed by atoms with Crippen molar-refractivity contribution in [1.82, 2.24) is 0 Å². The Balaban J connectivity index is 2.58. The Bertz CT molecular complexity index is 487. The van der Waals surface area contributed by atoms with Gasteiger partial charge >= 0.3 is 0 Å². The molecule has 0 amide bonds. The minimum Gasteiger partial charge on any atom is -0.490 e. The molecule has 3 nitrogen and oxygen atoms in total. The van der Waals surface area contributed by atoms with E-state index in [9.17, 15) is 12.8 Å². The number of hydrogen-bond acceptors (Lipinski definition) is 3. The summed E-state index contributed by atoms with van der Waals surface area (Å²) < 4.78 is 40.1. The molecule has 0 heterocycles. The van der Waals surface area contributed by atoms with Gasteiger partial charge < -0.3 is 4.74 Å². The van der Waals surface area contributed by atoms with Crippen LogP contribution in [0.4, 0.5) is 4.39 Å². The Morgan fingerprint density at radius 2 is 2.12 bits per heavy atom. The summed E-state index contributed by atoms with van der Waals surface area (Å²) in [7, 11) is 1.56. The van der Waals surface area contributed by atoms with Gasteiger partial charge in [-0.3, -0.25) is 0 Å². The van der Waals surface area contributed by atoms with Crippen molar-refractivity contribution in [3.8, 4) is 5.75 Å². The Morgan fingerprint density at radius 1 is 1.47 bits per heavy atom. The van der Waals surface area contributed by atoms with Crippen LogP contribution in [-0.2, 0) is 9.05 Å². The monoisotopic (exact) mass is 280 g/mol. The second-order valence-corrected chi connectivity index (χ2v) is 6.88. The van der Waals surface area contributed by atoms with Crippen LogP contribution in [0.5, 0.6) is 5.75 Å². The van der Waals surface area contributed by atoms with E-state index < -0.39 is 14.9 Å². The molecule has 0 aliphatic rings. The van der Waals surface area contributed by atoms with Crippen molar-refractivity contribution in [1.29, 1.82) is 0 Å². The second-order valence-electron chi connectivity index (χ2n) is 4.06. The summed E-state index contributed by atoms with van der Waals surface area (Å²) in [6, 6.07) is 4.51. The number of ether oxygens (including phenoxy) is 1. The third-order valence-corrected chi connectivity index (χ3v) is 3.44. The fraction of sp³-hybridized carbons (Fsp3) is 0.455. The highest BCUT2D eigenvalue weighted by Crippen LogP contribution is 2.19. The first-order valence-electron chi connectivity index (χ1n) is 5.09. The van der Waals surface area contributed by atoms with Crippen molar-refractivity contribution < 1.29 is 17.5 Å². The van der Waals surface area contributed by atoms with Gasteiger partial charge in [0, 0.05) is 16.6 Å². The fourth-order valence-corrected chi connectivity index (χ4v) is 2.76. The predicted octanol–water partition coefficient (Wildman–Crippen LogP) is 2.72. The molecule has 1 aromatic rings. The summed E-state index contributed by atoms with van der Waals surface area (Å²) in [5.41, 5.74) is 0.874. The van der Waals surface area contributed by atoms with Crippen molar-refractivity contribution in [3.63, 3.8) is 0 Å². The quantitative estimate of drug-likeness (QED) is 0.779. The highest BCUT2D eigenvalue weighted by atomic mass is 35.7. The average molecular weight is 281 g/mol. The number of aryl methyl sites for hydroxylation is 1. The first-order valence-corrected chi connectivity index (χ1v) is 7.57. The van der Waals surface area contributed by atoms with E-state index in [0.717, 1.165) is 5.56 Å². The Hall–Kier alpha value is -0.810. The van der Waals surface area contributed by atoms with Crippen LogP contribution in [0.2, 0.25) is 0 Å². The Kier molecular flexibility index (Phi) is 4.77. The van der Waals surface area contributed by atoms with Crippen LogP contribution in [0.3, 0.4) is 0 Å². The van der Waals surface area contributed by atoms with Crippen LogP contribution in [0, 0.1) is 18.7 Å². The van der Waals surface area contributed by atoms with Crippen molar-refractivity contribution in [2.45, 2.75) is 13.8 Å². The van der Waals surface area contributed by atoms with Gasteiger partial charge in [0.15, 0.2) is 11.6 Å². The summed E-state index contributed by atoms with van der Waals surface area (Å²) in [4.78, 5) is 0. The van der Waals surface area contributed by atoms with Crippen LogP contribution in [0.15, 0.2) is 18.2 Å². The first kappa shape index (κ1) is 14.3. The smallest absolute Gasteiger partial charge is 0.232 e. The molecule has 1 aromatic carbocycles. The molecule has 0 fully saturated rings. The van der Waals surface area contributed by atoms with Crippen molar-refractivity contribution >= 4 is 19.7 Å². The van der Waals surface area contributed by atoms with Crippen LogP contribution < -0.4 is 4.74 Å². The zero-order valence-corrected chi connectivity index (χ0v) is 11.2. The lowest BCUT2D eigenvalue weighted by molar-refractivity contribution is 0.260. The van der Waals surface area contributed by atoms with Crippen molar-refractivity contribution in [2.24, 2.45) is 5.92 Å². The molecule has 0 radical (unpaired) electrons. The van der Waals surface area contributed by atoms with E-state index >= 15 is 0 Å². The van der Waals surface area contributed by atoms with Gasteiger partial charge in [-0.15, -0.1) is 0 Å². The lowest BCUT2D eigenvalue weighted by Gasteiger charge is -2.12. The zero-order valence-electron chi connectivity index (χ0n) is 9.61. The van der Waals surface area contributed by atoms with Gasteiger partial charge in [0.1, 0.15) is 0 Å². The van der Waals surface area contributed by atoms with E-state index in [-0.39, 0.29) is 24.0 Å². The largest absolute Gasteiger partial charge is 0.490 e. The lowest BCUT2D eigenvalue weighted by atomic mass is 10.2. The maximum absolute atomic E-state index is 13.3. The average Bonchev–Trinajstić information content (AvgIpc) is 2.17. The third kappa shape index (κ3) is 5.37. The van der Waals surface area contributed by atoms with Gasteiger partial charge in [0.05, 0.1) is 12.4 Å². The van der Waals surface area contributed by atoms with E-state index in [2.05, 4.69) is 0 Å². The van der Waals surface area contributed by atoms with Gasteiger partial charge in [-0.05, 0) is 24.6 Å². The minimum atomic E-state index is -3.55. The molecule has 0 saturated heterocycles. The van der Waals surface area contributed by atoms with E-state index in [1.54, 1.807) is 19.1 Å². The summed E-state index contributed by atoms with van der Waals surface area (Å²) in [6.45, 7) is 3.60. The summed E-state index contributed by atoms with van der Waals surface area (Å²) in [6.07, 6.45) is 0. The number of hydrogen-bond donors (Lipinski definition) is 0. The zero-order chi connectivity index (χ0) is 13.1. The van der Waals surface area contributed by atoms with E-state index in [1.165, 1.54) is 6.07 Å². The molecule has 1 atom stereocenters. The molecular formula is C11H14ClFO3S. The predicted molar refractivity (Wildman–Crippen MR) is 65.4 cm³/mol. The molecule has 17 heavy (non-hydrogen) atoms. The third-order valence-electron chi connectivity index (χ3n) is 2.09. The molecule has 96 valence electrons. The second kappa shape index (κ2) is 5.69.